The molecule has 0 bridgehead atoms. The van der Waals surface area contributed by atoms with E-state index in [0.29, 0.717) is 16.8 Å². The molecule has 26 heavy (non-hydrogen) atoms. The van der Waals surface area contributed by atoms with E-state index >= 15 is 0 Å². The van der Waals surface area contributed by atoms with Gasteiger partial charge in [-0.15, -0.1) is 0 Å². The molecule has 0 amide bonds. The molecule has 0 aliphatic carbocycles. The minimum atomic E-state index is -0.709. The maximum absolute atomic E-state index is 13.4. The molecule has 3 rings (SSSR count). The maximum atomic E-state index is 13.4. The smallest absolute Gasteiger partial charge is 0.232 e. The van der Waals surface area contributed by atoms with E-state index in [2.05, 4.69) is 30.6 Å². The van der Waals surface area contributed by atoms with E-state index in [9.17, 15) is 8.78 Å². The van der Waals surface area contributed by atoms with Gasteiger partial charge in [0.1, 0.15) is 22.5 Å². The monoisotopic (exact) mass is 376 g/mol. The number of benzene rings is 1. The number of nitrogens with zero attached hydrogens (tertiary/aromatic N) is 4. The predicted octanol–water partition coefficient (Wildman–Crippen LogP) is 4.43. The molecule has 2 aromatic heterocycles. The van der Waals surface area contributed by atoms with Gasteiger partial charge in [-0.05, 0) is 38.1 Å². The number of rotatable bonds is 5. The highest BCUT2D eigenvalue weighted by molar-refractivity contribution is 6.29. The normalized spacial score (nSPS) is 10.8. The predicted molar refractivity (Wildman–Crippen MR) is 96.5 cm³/mol. The summed E-state index contributed by atoms with van der Waals surface area (Å²) in [5.41, 5.74) is 0.620. The highest BCUT2D eigenvalue weighted by Gasteiger charge is 2.12. The topological polar surface area (TPSA) is 75.6 Å². The van der Waals surface area contributed by atoms with Gasteiger partial charge >= 0.3 is 0 Å². The van der Waals surface area contributed by atoms with Crippen LogP contribution in [-0.4, -0.2) is 26.0 Å². The standard InChI is InChI=1S/C17H15ClF2N6/c1-9(2)21-16-24-15(13-4-3-5-14(18)23-13)25-17(26-16)22-12-7-10(19)6-11(20)8-12/h3-9H,1-2H3,(H2,21,22,24,25,26). The lowest BCUT2D eigenvalue weighted by molar-refractivity contribution is 0.584. The average Bonchev–Trinajstić information content (AvgIpc) is 2.53. The zero-order valence-corrected chi connectivity index (χ0v) is 14.7. The number of hydrogen-bond donors (Lipinski definition) is 2. The SMILES string of the molecule is CC(C)Nc1nc(Nc2cc(F)cc(F)c2)nc(-c2cccc(Cl)n2)n1. The first-order valence-corrected chi connectivity index (χ1v) is 8.15. The van der Waals surface area contributed by atoms with Gasteiger partial charge in [-0.3, -0.25) is 0 Å². The van der Waals surface area contributed by atoms with Gasteiger partial charge in [0, 0.05) is 17.8 Å². The van der Waals surface area contributed by atoms with Crippen molar-refractivity contribution in [2.75, 3.05) is 10.6 Å². The van der Waals surface area contributed by atoms with E-state index in [-0.39, 0.29) is 23.5 Å². The van der Waals surface area contributed by atoms with E-state index in [4.69, 9.17) is 11.6 Å². The molecule has 0 saturated carbocycles. The number of hydrogen-bond acceptors (Lipinski definition) is 6. The molecule has 0 radical (unpaired) electrons. The Bertz CT molecular complexity index is 915. The van der Waals surface area contributed by atoms with Crippen molar-refractivity contribution in [3.63, 3.8) is 0 Å². The van der Waals surface area contributed by atoms with Gasteiger partial charge in [-0.2, -0.15) is 15.0 Å². The second-order valence-corrected chi connectivity index (χ2v) is 6.12. The molecule has 134 valence electrons. The van der Waals surface area contributed by atoms with Gasteiger partial charge in [0.2, 0.25) is 11.9 Å². The Morgan fingerprint density at radius 1 is 0.923 bits per heavy atom. The van der Waals surface area contributed by atoms with Crippen molar-refractivity contribution in [3.05, 3.63) is 53.2 Å². The number of nitrogens with one attached hydrogen (secondary N) is 2. The molecule has 0 saturated heterocycles. The van der Waals surface area contributed by atoms with Crippen LogP contribution >= 0.6 is 11.6 Å². The minimum Gasteiger partial charge on any atom is -0.352 e. The van der Waals surface area contributed by atoms with Crippen molar-refractivity contribution in [1.82, 2.24) is 19.9 Å². The van der Waals surface area contributed by atoms with Crippen LogP contribution in [0.4, 0.5) is 26.4 Å². The molecule has 0 aliphatic heterocycles. The van der Waals surface area contributed by atoms with Crippen LogP contribution in [0.2, 0.25) is 5.15 Å². The Kier molecular flexibility index (Phi) is 5.22. The molecule has 1 aromatic carbocycles. The van der Waals surface area contributed by atoms with E-state index in [1.54, 1.807) is 18.2 Å². The van der Waals surface area contributed by atoms with Crippen molar-refractivity contribution in [2.24, 2.45) is 0 Å². The summed E-state index contributed by atoms with van der Waals surface area (Å²) in [4.78, 5) is 17.0. The van der Waals surface area contributed by atoms with E-state index < -0.39 is 11.6 Å². The van der Waals surface area contributed by atoms with Crippen LogP contribution in [-0.2, 0) is 0 Å². The fraction of sp³-hybridized carbons (Fsp3) is 0.176. The quantitative estimate of drug-likeness (QED) is 0.641. The van der Waals surface area contributed by atoms with Gasteiger partial charge in [0.25, 0.3) is 0 Å². The van der Waals surface area contributed by atoms with E-state index in [1.165, 1.54) is 0 Å². The second-order valence-electron chi connectivity index (χ2n) is 5.73. The van der Waals surface area contributed by atoms with Gasteiger partial charge in [-0.1, -0.05) is 17.7 Å². The molecule has 2 heterocycles. The van der Waals surface area contributed by atoms with E-state index in [1.807, 2.05) is 13.8 Å². The van der Waals surface area contributed by atoms with Gasteiger partial charge in [-0.25, -0.2) is 13.8 Å². The Balaban J connectivity index is 2.01. The molecular formula is C17H15ClF2N6. The lowest BCUT2D eigenvalue weighted by Crippen LogP contribution is -2.14. The molecule has 0 atom stereocenters. The Morgan fingerprint density at radius 2 is 1.62 bits per heavy atom. The van der Waals surface area contributed by atoms with Gasteiger partial charge in [0.15, 0.2) is 5.82 Å². The average molecular weight is 377 g/mol. The molecule has 0 fully saturated rings. The van der Waals surface area contributed by atoms with Crippen LogP contribution in [0.3, 0.4) is 0 Å². The third-order valence-electron chi connectivity index (χ3n) is 3.12. The summed E-state index contributed by atoms with van der Waals surface area (Å²) < 4.78 is 26.8. The Hall–Kier alpha value is -2.87. The van der Waals surface area contributed by atoms with Crippen molar-refractivity contribution < 1.29 is 8.78 Å². The second kappa shape index (κ2) is 7.57. The third kappa shape index (κ3) is 4.60. The van der Waals surface area contributed by atoms with Crippen LogP contribution in [0, 0.1) is 11.6 Å². The molecule has 0 spiro atoms. The van der Waals surface area contributed by atoms with Crippen LogP contribution in [0.5, 0.6) is 0 Å². The summed E-state index contributed by atoms with van der Waals surface area (Å²) in [5.74, 6) is -0.737. The van der Waals surface area contributed by atoms with Gasteiger partial charge < -0.3 is 10.6 Å². The number of anilines is 3. The largest absolute Gasteiger partial charge is 0.352 e. The molecule has 2 N–H and O–H groups in total. The number of pyridine rings is 1. The first kappa shape index (κ1) is 17.9. The fourth-order valence-corrected chi connectivity index (χ4v) is 2.32. The summed E-state index contributed by atoms with van der Waals surface area (Å²) in [6, 6.07) is 8.18. The van der Waals surface area contributed by atoms with Crippen molar-refractivity contribution in [1.29, 1.82) is 0 Å². The first-order valence-electron chi connectivity index (χ1n) is 7.78. The lowest BCUT2D eigenvalue weighted by atomic mass is 10.3. The fourth-order valence-electron chi connectivity index (χ4n) is 2.16. The Labute approximate surface area is 153 Å². The summed E-state index contributed by atoms with van der Waals surface area (Å²) in [6.07, 6.45) is 0. The third-order valence-corrected chi connectivity index (χ3v) is 3.33. The molecule has 3 aromatic rings. The van der Waals surface area contributed by atoms with Crippen molar-refractivity contribution in [2.45, 2.75) is 19.9 Å². The summed E-state index contributed by atoms with van der Waals surface area (Å²) in [6.45, 7) is 3.85. The van der Waals surface area contributed by atoms with Crippen LogP contribution in [0.15, 0.2) is 36.4 Å². The number of halogens is 3. The van der Waals surface area contributed by atoms with Crippen molar-refractivity contribution in [3.8, 4) is 11.5 Å². The molecule has 6 nitrogen and oxygen atoms in total. The van der Waals surface area contributed by atoms with Crippen molar-refractivity contribution >= 4 is 29.2 Å². The lowest BCUT2D eigenvalue weighted by Gasteiger charge is -2.12. The maximum Gasteiger partial charge on any atom is 0.232 e. The summed E-state index contributed by atoms with van der Waals surface area (Å²) in [5, 5.41) is 6.14. The van der Waals surface area contributed by atoms with Gasteiger partial charge in [0.05, 0.1) is 0 Å². The van der Waals surface area contributed by atoms with E-state index in [0.717, 1.165) is 18.2 Å². The Morgan fingerprint density at radius 3 is 2.27 bits per heavy atom. The zero-order valence-electron chi connectivity index (χ0n) is 14.0. The highest BCUT2D eigenvalue weighted by atomic mass is 35.5. The minimum absolute atomic E-state index is 0.0667. The number of aromatic nitrogens is 4. The molecular weight excluding hydrogens is 362 g/mol. The molecule has 0 aliphatic rings. The summed E-state index contributed by atoms with van der Waals surface area (Å²) in [7, 11) is 0. The zero-order chi connectivity index (χ0) is 18.7. The molecule has 9 heteroatoms. The molecule has 0 unspecified atom stereocenters. The highest BCUT2D eigenvalue weighted by Crippen LogP contribution is 2.21. The van der Waals surface area contributed by atoms with Crippen LogP contribution in [0.25, 0.3) is 11.5 Å². The van der Waals surface area contributed by atoms with Crippen LogP contribution in [0.1, 0.15) is 13.8 Å². The van der Waals surface area contributed by atoms with Crippen LogP contribution < -0.4 is 10.6 Å². The first-order chi connectivity index (χ1) is 12.4. The summed E-state index contributed by atoms with van der Waals surface area (Å²) >= 11 is 5.93.